The summed E-state index contributed by atoms with van der Waals surface area (Å²) in [5, 5.41) is -0.425. The van der Waals surface area contributed by atoms with Crippen LogP contribution in [-0.4, -0.2) is 0 Å². The maximum Gasteiger partial charge on any atom is 0.128 e. The Hall–Kier alpha value is -0.380. The second-order valence-corrected chi connectivity index (χ2v) is 6.57. The molecule has 1 atom stereocenters. The molecule has 0 aliphatic carbocycles. The highest BCUT2D eigenvalue weighted by Gasteiger charge is 2.19. The van der Waals surface area contributed by atoms with Crippen molar-refractivity contribution in [1.82, 2.24) is 0 Å². The van der Waals surface area contributed by atoms with Crippen molar-refractivity contribution in [1.29, 1.82) is 0 Å². The van der Waals surface area contributed by atoms with Gasteiger partial charge in [-0.3, -0.25) is 0 Å². The molecule has 1 heterocycles. The molecule has 0 nitrogen and oxygen atoms in total. The first-order valence-corrected chi connectivity index (χ1v) is 7.19. The van der Waals surface area contributed by atoms with Gasteiger partial charge >= 0.3 is 0 Å². The van der Waals surface area contributed by atoms with Crippen molar-refractivity contribution in [2.75, 3.05) is 0 Å². The largest absolute Gasteiger partial charge is 0.207 e. The van der Waals surface area contributed by atoms with Crippen molar-refractivity contribution < 1.29 is 4.39 Å². The van der Waals surface area contributed by atoms with Crippen molar-refractivity contribution in [2.45, 2.75) is 19.2 Å². The molecule has 2 aromatic rings. The highest BCUT2D eigenvalue weighted by molar-refractivity contribution is 9.10. The molecule has 17 heavy (non-hydrogen) atoms. The Balaban J connectivity index is 2.46. The molecule has 0 fully saturated rings. The molecule has 0 amide bonds. The molecular formula is C13H11BrClFS. The summed E-state index contributed by atoms with van der Waals surface area (Å²) >= 11 is 11.3. The number of hydrogen-bond acceptors (Lipinski definition) is 1. The van der Waals surface area contributed by atoms with Gasteiger partial charge in [-0.1, -0.05) is 15.9 Å². The molecule has 0 saturated heterocycles. The average molecular weight is 334 g/mol. The van der Waals surface area contributed by atoms with Crippen molar-refractivity contribution in [2.24, 2.45) is 0 Å². The van der Waals surface area contributed by atoms with Crippen molar-refractivity contribution in [3.63, 3.8) is 0 Å². The SMILES string of the molecule is Cc1cc(C)c(C(Cl)c2cc(Br)ccc2F)s1. The Bertz CT molecular complexity index is 550. The summed E-state index contributed by atoms with van der Waals surface area (Å²) in [6.45, 7) is 4.03. The van der Waals surface area contributed by atoms with Gasteiger partial charge in [0.1, 0.15) is 5.82 Å². The molecule has 0 spiro atoms. The molecular weight excluding hydrogens is 323 g/mol. The van der Waals surface area contributed by atoms with E-state index in [1.807, 2.05) is 13.8 Å². The number of benzene rings is 1. The van der Waals surface area contributed by atoms with Crippen LogP contribution < -0.4 is 0 Å². The normalized spacial score (nSPS) is 12.8. The highest BCUT2D eigenvalue weighted by Crippen LogP contribution is 2.38. The summed E-state index contributed by atoms with van der Waals surface area (Å²) in [6, 6.07) is 6.92. The van der Waals surface area contributed by atoms with Gasteiger partial charge in [-0.2, -0.15) is 0 Å². The zero-order chi connectivity index (χ0) is 12.6. The fourth-order valence-electron chi connectivity index (χ4n) is 1.76. The van der Waals surface area contributed by atoms with Gasteiger partial charge in [-0.15, -0.1) is 22.9 Å². The van der Waals surface area contributed by atoms with Crippen LogP contribution in [0.3, 0.4) is 0 Å². The van der Waals surface area contributed by atoms with E-state index in [0.29, 0.717) is 5.56 Å². The number of alkyl halides is 1. The van der Waals surface area contributed by atoms with Gasteiger partial charge in [-0.05, 0) is 43.7 Å². The summed E-state index contributed by atoms with van der Waals surface area (Å²) in [6.07, 6.45) is 0. The summed E-state index contributed by atoms with van der Waals surface area (Å²) in [5.41, 5.74) is 1.64. The highest BCUT2D eigenvalue weighted by atomic mass is 79.9. The summed E-state index contributed by atoms with van der Waals surface area (Å²) in [5.74, 6) is -0.265. The van der Waals surface area contributed by atoms with Gasteiger partial charge in [0.15, 0.2) is 0 Å². The summed E-state index contributed by atoms with van der Waals surface area (Å²) in [7, 11) is 0. The van der Waals surface area contributed by atoms with E-state index in [1.54, 1.807) is 23.5 Å². The Morgan fingerprint density at radius 2 is 2.00 bits per heavy atom. The lowest BCUT2D eigenvalue weighted by molar-refractivity contribution is 0.612. The zero-order valence-corrected chi connectivity index (χ0v) is 12.6. The second-order valence-electron chi connectivity index (χ2n) is 3.93. The van der Waals surface area contributed by atoms with E-state index >= 15 is 0 Å². The first-order valence-electron chi connectivity index (χ1n) is 5.15. The Morgan fingerprint density at radius 1 is 1.29 bits per heavy atom. The molecule has 4 heteroatoms. The second kappa shape index (κ2) is 5.09. The molecule has 0 aliphatic rings. The predicted octanol–water partition coefficient (Wildman–Crippen LogP) is 5.59. The van der Waals surface area contributed by atoms with Crippen LogP contribution in [0, 0.1) is 19.7 Å². The van der Waals surface area contributed by atoms with Gasteiger partial charge in [0.05, 0.1) is 5.38 Å². The van der Waals surface area contributed by atoms with Gasteiger partial charge in [0.25, 0.3) is 0 Å². The van der Waals surface area contributed by atoms with Crippen molar-refractivity contribution in [3.8, 4) is 0 Å². The third-order valence-corrected chi connectivity index (χ3v) is 4.83. The lowest BCUT2D eigenvalue weighted by atomic mass is 10.1. The Morgan fingerprint density at radius 3 is 2.59 bits per heavy atom. The van der Waals surface area contributed by atoms with E-state index in [4.69, 9.17) is 11.6 Å². The van der Waals surface area contributed by atoms with Crippen LogP contribution in [0.2, 0.25) is 0 Å². The maximum absolute atomic E-state index is 13.7. The van der Waals surface area contributed by atoms with E-state index in [9.17, 15) is 4.39 Å². The van der Waals surface area contributed by atoms with Crippen molar-refractivity contribution >= 4 is 38.9 Å². The third kappa shape index (κ3) is 2.72. The predicted molar refractivity (Wildman–Crippen MR) is 75.6 cm³/mol. The Labute approximate surface area is 118 Å². The lowest BCUT2D eigenvalue weighted by Crippen LogP contribution is -1.96. The smallest absolute Gasteiger partial charge is 0.128 e. The van der Waals surface area contributed by atoms with Gasteiger partial charge < -0.3 is 0 Å². The van der Waals surface area contributed by atoms with Crippen LogP contribution in [0.25, 0.3) is 0 Å². The van der Waals surface area contributed by atoms with Gasteiger partial charge in [0.2, 0.25) is 0 Å². The fourth-order valence-corrected chi connectivity index (χ4v) is 3.65. The molecule has 0 aliphatic heterocycles. The van der Waals surface area contributed by atoms with Gasteiger partial charge in [0, 0.05) is 19.8 Å². The van der Waals surface area contributed by atoms with E-state index in [0.717, 1.165) is 14.9 Å². The molecule has 90 valence electrons. The first kappa shape index (κ1) is 13.1. The molecule has 0 radical (unpaired) electrons. The van der Waals surface area contributed by atoms with E-state index < -0.39 is 5.38 Å². The number of rotatable bonds is 2. The molecule has 0 bridgehead atoms. The lowest BCUT2D eigenvalue weighted by Gasteiger charge is -2.11. The topological polar surface area (TPSA) is 0 Å². The summed E-state index contributed by atoms with van der Waals surface area (Å²) < 4.78 is 14.6. The van der Waals surface area contributed by atoms with E-state index in [2.05, 4.69) is 22.0 Å². The molecule has 1 unspecified atom stereocenters. The minimum atomic E-state index is -0.425. The number of thiophene rings is 1. The fraction of sp³-hybridized carbons (Fsp3) is 0.231. The quantitative estimate of drug-likeness (QED) is 0.628. The molecule has 1 aromatic carbocycles. The minimum Gasteiger partial charge on any atom is -0.207 e. The van der Waals surface area contributed by atoms with Crippen LogP contribution in [0.4, 0.5) is 4.39 Å². The molecule has 1 aromatic heterocycles. The molecule has 0 N–H and O–H groups in total. The standard InChI is InChI=1S/C13H11BrClFS/c1-7-5-8(2)17-13(7)12(15)10-6-9(14)3-4-11(10)16/h3-6,12H,1-2H3. The van der Waals surface area contributed by atoms with E-state index in [1.165, 1.54) is 10.9 Å². The monoisotopic (exact) mass is 332 g/mol. The van der Waals surface area contributed by atoms with Gasteiger partial charge in [-0.25, -0.2) is 4.39 Å². The summed E-state index contributed by atoms with van der Waals surface area (Å²) in [4.78, 5) is 2.21. The maximum atomic E-state index is 13.7. The van der Waals surface area contributed by atoms with E-state index in [-0.39, 0.29) is 5.82 Å². The van der Waals surface area contributed by atoms with Crippen LogP contribution in [0.15, 0.2) is 28.7 Å². The van der Waals surface area contributed by atoms with Crippen LogP contribution >= 0.6 is 38.9 Å². The zero-order valence-electron chi connectivity index (χ0n) is 9.43. The number of hydrogen-bond donors (Lipinski definition) is 0. The number of aryl methyl sites for hydroxylation is 2. The molecule has 0 saturated carbocycles. The number of halogens is 3. The first-order chi connectivity index (χ1) is 7.99. The minimum absolute atomic E-state index is 0.265. The molecule has 2 rings (SSSR count). The van der Waals surface area contributed by atoms with Crippen molar-refractivity contribution in [3.05, 3.63) is 55.4 Å². The van der Waals surface area contributed by atoms with Crippen LogP contribution in [0.5, 0.6) is 0 Å². The van der Waals surface area contributed by atoms with Crippen LogP contribution in [-0.2, 0) is 0 Å². The average Bonchev–Trinajstić information content (AvgIpc) is 2.60. The van der Waals surface area contributed by atoms with Crippen LogP contribution in [0.1, 0.15) is 26.3 Å². The third-order valence-electron chi connectivity index (χ3n) is 2.54. The Kier molecular flexibility index (Phi) is 3.91.